The lowest BCUT2D eigenvalue weighted by atomic mass is 10.2. The Kier molecular flexibility index (Phi) is 4.36. The van der Waals surface area contributed by atoms with Gasteiger partial charge in [-0.3, -0.25) is 0 Å². The average Bonchev–Trinajstić information content (AvgIpc) is 3.13. The first-order valence-corrected chi connectivity index (χ1v) is 6.13. The van der Waals surface area contributed by atoms with Crippen LogP contribution in [0.1, 0.15) is 25.3 Å². The van der Waals surface area contributed by atoms with Crippen molar-refractivity contribution in [1.82, 2.24) is 5.32 Å². The second-order valence-electron chi connectivity index (χ2n) is 4.25. The summed E-state index contributed by atoms with van der Waals surface area (Å²) < 4.78 is 34.2. The quantitative estimate of drug-likeness (QED) is 0.814. The van der Waals surface area contributed by atoms with E-state index in [2.05, 4.69) is 10.1 Å². The molecular formula is C13H17F2NO2. The summed E-state index contributed by atoms with van der Waals surface area (Å²) in [5.74, 6) is 0.454. The van der Waals surface area contributed by atoms with Crippen molar-refractivity contribution in [3.63, 3.8) is 0 Å². The van der Waals surface area contributed by atoms with Crippen molar-refractivity contribution >= 4 is 0 Å². The molecule has 18 heavy (non-hydrogen) atoms. The van der Waals surface area contributed by atoms with Gasteiger partial charge in [-0.05, 0) is 37.5 Å². The molecule has 1 fully saturated rings. The van der Waals surface area contributed by atoms with Crippen molar-refractivity contribution in [2.24, 2.45) is 0 Å². The van der Waals surface area contributed by atoms with Crippen molar-refractivity contribution in [2.45, 2.75) is 39.0 Å². The number of nitrogens with one attached hydrogen (secondary N) is 1. The lowest BCUT2D eigenvalue weighted by Gasteiger charge is -2.13. The Hall–Kier alpha value is -1.36. The summed E-state index contributed by atoms with van der Waals surface area (Å²) >= 11 is 0. The van der Waals surface area contributed by atoms with Crippen LogP contribution in [-0.2, 0) is 6.54 Å². The number of hydrogen-bond acceptors (Lipinski definition) is 3. The molecule has 0 spiro atoms. The number of benzene rings is 1. The average molecular weight is 257 g/mol. The van der Waals surface area contributed by atoms with Crippen molar-refractivity contribution < 1.29 is 18.3 Å². The molecule has 1 aromatic rings. The molecule has 5 heteroatoms. The van der Waals surface area contributed by atoms with E-state index < -0.39 is 6.61 Å². The Morgan fingerprint density at radius 3 is 2.72 bits per heavy atom. The van der Waals surface area contributed by atoms with Crippen molar-refractivity contribution in [3.05, 3.63) is 23.8 Å². The lowest BCUT2D eigenvalue weighted by molar-refractivity contribution is -0.0514. The highest BCUT2D eigenvalue weighted by Gasteiger charge is 2.20. The molecule has 2 rings (SSSR count). The molecule has 0 heterocycles. The van der Waals surface area contributed by atoms with Gasteiger partial charge in [0.25, 0.3) is 0 Å². The minimum absolute atomic E-state index is 0.0852. The topological polar surface area (TPSA) is 30.5 Å². The standard InChI is InChI=1S/C13H17F2NO2/c1-2-17-12-7-9(8-16-10-4-5-10)3-6-11(12)18-13(14)15/h3,6-7,10,13,16H,2,4-5,8H2,1H3. The third kappa shape index (κ3) is 3.84. The molecule has 0 aromatic heterocycles. The van der Waals surface area contributed by atoms with E-state index in [9.17, 15) is 8.78 Å². The molecule has 1 aliphatic carbocycles. The van der Waals surface area contributed by atoms with E-state index in [1.807, 2.05) is 0 Å². The van der Waals surface area contributed by atoms with Gasteiger partial charge < -0.3 is 14.8 Å². The van der Waals surface area contributed by atoms with Crippen LogP contribution in [0, 0.1) is 0 Å². The highest BCUT2D eigenvalue weighted by Crippen LogP contribution is 2.30. The van der Waals surface area contributed by atoms with Crippen LogP contribution in [-0.4, -0.2) is 19.3 Å². The zero-order valence-electron chi connectivity index (χ0n) is 10.3. The number of rotatable bonds is 7. The second-order valence-corrected chi connectivity index (χ2v) is 4.25. The number of halogens is 2. The largest absolute Gasteiger partial charge is 0.490 e. The predicted octanol–water partition coefficient (Wildman–Crippen LogP) is 2.94. The first-order valence-electron chi connectivity index (χ1n) is 6.13. The SMILES string of the molecule is CCOc1cc(CNC2CC2)ccc1OC(F)F. The van der Waals surface area contributed by atoms with Gasteiger partial charge in [0.15, 0.2) is 11.5 Å². The summed E-state index contributed by atoms with van der Waals surface area (Å²) in [5, 5.41) is 3.36. The van der Waals surface area contributed by atoms with Gasteiger partial charge in [0, 0.05) is 12.6 Å². The monoisotopic (exact) mass is 257 g/mol. The van der Waals surface area contributed by atoms with Crippen molar-refractivity contribution in [1.29, 1.82) is 0 Å². The molecule has 0 radical (unpaired) electrons. The molecule has 0 saturated heterocycles. The molecule has 0 unspecified atom stereocenters. The molecular weight excluding hydrogens is 240 g/mol. The normalized spacial score (nSPS) is 14.9. The maximum Gasteiger partial charge on any atom is 0.387 e. The van der Waals surface area contributed by atoms with Crippen LogP contribution in [0.5, 0.6) is 11.5 Å². The highest BCUT2D eigenvalue weighted by molar-refractivity contribution is 5.43. The van der Waals surface area contributed by atoms with Crippen LogP contribution in [0.4, 0.5) is 8.78 Å². The fourth-order valence-corrected chi connectivity index (χ4v) is 1.67. The third-order valence-corrected chi connectivity index (χ3v) is 2.70. The molecule has 0 aliphatic heterocycles. The van der Waals surface area contributed by atoms with Gasteiger partial charge in [-0.2, -0.15) is 8.78 Å². The summed E-state index contributed by atoms with van der Waals surface area (Å²) in [4.78, 5) is 0. The van der Waals surface area contributed by atoms with Crippen LogP contribution < -0.4 is 14.8 Å². The molecule has 100 valence electrons. The minimum Gasteiger partial charge on any atom is -0.490 e. The first kappa shape index (κ1) is 13.1. The van der Waals surface area contributed by atoms with Gasteiger partial charge in [-0.1, -0.05) is 6.07 Å². The Labute approximate surface area is 105 Å². The molecule has 0 amide bonds. The number of ether oxygens (including phenoxy) is 2. The lowest BCUT2D eigenvalue weighted by Crippen LogP contribution is -2.15. The van der Waals surface area contributed by atoms with E-state index in [1.54, 1.807) is 19.1 Å². The van der Waals surface area contributed by atoms with Gasteiger partial charge in [0.1, 0.15) is 0 Å². The van der Waals surface area contributed by atoms with Crippen molar-refractivity contribution in [2.75, 3.05) is 6.61 Å². The molecule has 1 aliphatic rings. The first-order chi connectivity index (χ1) is 8.69. The van der Waals surface area contributed by atoms with E-state index in [0.29, 0.717) is 18.4 Å². The molecule has 0 atom stereocenters. The molecule has 0 bridgehead atoms. The van der Waals surface area contributed by atoms with Gasteiger partial charge >= 0.3 is 6.61 Å². The summed E-state index contributed by atoms with van der Waals surface area (Å²) in [7, 11) is 0. The molecule has 3 nitrogen and oxygen atoms in total. The van der Waals surface area contributed by atoms with Gasteiger partial charge in [0.05, 0.1) is 6.61 Å². The van der Waals surface area contributed by atoms with E-state index in [4.69, 9.17) is 4.74 Å². The maximum atomic E-state index is 12.2. The minimum atomic E-state index is -2.83. The van der Waals surface area contributed by atoms with Gasteiger partial charge in [-0.25, -0.2) is 0 Å². The second kappa shape index (κ2) is 6.00. The van der Waals surface area contributed by atoms with E-state index in [-0.39, 0.29) is 5.75 Å². The predicted molar refractivity (Wildman–Crippen MR) is 64.1 cm³/mol. The van der Waals surface area contributed by atoms with Crippen LogP contribution in [0.25, 0.3) is 0 Å². The van der Waals surface area contributed by atoms with Crippen LogP contribution in [0.2, 0.25) is 0 Å². The Morgan fingerprint density at radius 1 is 1.33 bits per heavy atom. The fraction of sp³-hybridized carbons (Fsp3) is 0.538. The van der Waals surface area contributed by atoms with Crippen LogP contribution in [0.3, 0.4) is 0 Å². The highest BCUT2D eigenvalue weighted by atomic mass is 19.3. The summed E-state index contributed by atoms with van der Waals surface area (Å²) in [6, 6.07) is 5.66. The Morgan fingerprint density at radius 2 is 2.11 bits per heavy atom. The third-order valence-electron chi connectivity index (χ3n) is 2.70. The van der Waals surface area contributed by atoms with E-state index in [1.165, 1.54) is 18.9 Å². The Balaban J connectivity index is 2.05. The summed E-state index contributed by atoms with van der Waals surface area (Å²) in [6.07, 6.45) is 2.43. The van der Waals surface area contributed by atoms with Gasteiger partial charge in [-0.15, -0.1) is 0 Å². The zero-order chi connectivity index (χ0) is 13.0. The summed E-state index contributed by atoms with van der Waals surface area (Å²) in [5.41, 5.74) is 1.01. The number of hydrogen-bond donors (Lipinski definition) is 1. The molecule has 1 saturated carbocycles. The Bertz CT molecular complexity index is 395. The van der Waals surface area contributed by atoms with Crippen LogP contribution >= 0.6 is 0 Å². The number of alkyl halides is 2. The van der Waals surface area contributed by atoms with E-state index >= 15 is 0 Å². The molecule has 1 N–H and O–H groups in total. The van der Waals surface area contributed by atoms with Gasteiger partial charge in [0.2, 0.25) is 0 Å². The fourth-order valence-electron chi connectivity index (χ4n) is 1.67. The summed E-state index contributed by atoms with van der Waals surface area (Å²) in [6.45, 7) is 0.111. The smallest absolute Gasteiger partial charge is 0.387 e. The maximum absolute atomic E-state index is 12.2. The van der Waals surface area contributed by atoms with Crippen molar-refractivity contribution in [3.8, 4) is 11.5 Å². The van der Waals surface area contributed by atoms with Crippen LogP contribution in [0.15, 0.2) is 18.2 Å². The zero-order valence-corrected chi connectivity index (χ0v) is 10.3. The van der Waals surface area contributed by atoms with E-state index in [0.717, 1.165) is 12.1 Å². The molecule has 1 aromatic carbocycles.